The van der Waals surface area contributed by atoms with Gasteiger partial charge in [0.1, 0.15) is 17.7 Å². The van der Waals surface area contributed by atoms with Gasteiger partial charge < -0.3 is 9.84 Å². The molecule has 3 aromatic rings. The Hall–Kier alpha value is -3.08. The number of halogens is 5. The van der Waals surface area contributed by atoms with Crippen molar-refractivity contribution in [3.05, 3.63) is 88.2 Å². The third-order valence-corrected chi connectivity index (χ3v) is 7.99. The van der Waals surface area contributed by atoms with Gasteiger partial charge in [-0.1, -0.05) is 35.9 Å². The van der Waals surface area contributed by atoms with E-state index in [0.717, 1.165) is 22.5 Å². The SMILES string of the molecule is C/C(=C\c1ccc2c(c1)N(S(=O)(=O)c1cccc(C(F)(F)F)c1)C[C@H]([C@@H](C)O)O2)c1c(F)cccc1Cl. The molecule has 0 aromatic heterocycles. The second-order valence-corrected chi connectivity index (χ2v) is 10.9. The Bertz CT molecular complexity index is 1450. The lowest BCUT2D eigenvalue weighted by Crippen LogP contribution is -2.47. The number of anilines is 1. The first-order chi connectivity index (χ1) is 17.3. The molecule has 0 saturated heterocycles. The van der Waals surface area contributed by atoms with Gasteiger partial charge in [0.15, 0.2) is 0 Å². The van der Waals surface area contributed by atoms with Crippen LogP contribution in [0.2, 0.25) is 5.02 Å². The number of aliphatic hydroxyl groups excluding tert-OH is 1. The first kappa shape index (κ1) is 27.0. The summed E-state index contributed by atoms with van der Waals surface area (Å²) in [6, 6.07) is 12.3. The van der Waals surface area contributed by atoms with Crippen molar-refractivity contribution in [3.8, 4) is 5.75 Å². The second-order valence-electron chi connectivity index (χ2n) is 8.61. The number of rotatable bonds is 5. The fourth-order valence-electron chi connectivity index (χ4n) is 4.02. The van der Waals surface area contributed by atoms with E-state index in [1.165, 1.54) is 37.3 Å². The largest absolute Gasteiger partial charge is 0.484 e. The predicted molar refractivity (Wildman–Crippen MR) is 133 cm³/mol. The highest BCUT2D eigenvalue weighted by molar-refractivity contribution is 7.92. The molecule has 0 amide bonds. The lowest BCUT2D eigenvalue weighted by atomic mass is 10.0. The van der Waals surface area contributed by atoms with Crippen molar-refractivity contribution in [1.82, 2.24) is 0 Å². The van der Waals surface area contributed by atoms with Crippen LogP contribution in [0.4, 0.5) is 23.2 Å². The van der Waals surface area contributed by atoms with Crippen LogP contribution in [-0.4, -0.2) is 32.3 Å². The topological polar surface area (TPSA) is 66.8 Å². The molecule has 37 heavy (non-hydrogen) atoms. The Kier molecular flexibility index (Phi) is 7.29. The van der Waals surface area contributed by atoms with Crippen molar-refractivity contribution in [1.29, 1.82) is 0 Å². The van der Waals surface area contributed by atoms with Crippen LogP contribution in [-0.2, 0) is 16.2 Å². The molecular weight excluding hydrogens is 534 g/mol. The van der Waals surface area contributed by atoms with Gasteiger partial charge in [0.05, 0.1) is 33.8 Å². The molecule has 5 nitrogen and oxygen atoms in total. The molecule has 4 rings (SSSR count). The number of sulfonamides is 1. The van der Waals surface area contributed by atoms with Crippen molar-refractivity contribution in [2.45, 2.75) is 37.1 Å². The van der Waals surface area contributed by atoms with Crippen molar-refractivity contribution in [2.75, 3.05) is 10.8 Å². The van der Waals surface area contributed by atoms with Crippen LogP contribution in [0.1, 0.15) is 30.5 Å². The van der Waals surface area contributed by atoms with Gasteiger partial charge in [-0.25, -0.2) is 12.8 Å². The zero-order valence-corrected chi connectivity index (χ0v) is 21.2. The minimum Gasteiger partial charge on any atom is -0.484 e. The van der Waals surface area contributed by atoms with Crippen molar-refractivity contribution < 1.29 is 35.8 Å². The number of allylic oxidation sites excluding steroid dienone is 1. The lowest BCUT2D eigenvalue weighted by Gasteiger charge is -2.36. The lowest BCUT2D eigenvalue weighted by molar-refractivity contribution is -0.137. The van der Waals surface area contributed by atoms with Gasteiger partial charge in [-0.2, -0.15) is 13.2 Å². The number of alkyl halides is 3. The highest BCUT2D eigenvalue weighted by atomic mass is 35.5. The molecule has 0 spiro atoms. The van der Waals surface area contributed by atoms with Crippen molar-refractivity contribution >= 4 is 39.0 Å². The van der Waals surface area contributed by atoms with Gasteiger partial charge >= 0.3 is 6.18 Å². The third kappa shape index (κ3) is 5.46. The summed E-state index contributed by atoms with van der Waals surface area (Å²) in [6.45, 7) is 2.72. The zero-order chi connectivity index (χ0) is 27.1. The molecule has 196 valence electrons. The number of hydrogen-bond donors (Lipinski definition) is 1. The average molecular weight is 556 g/mol. The van der Waals surface area contributed by atoms with Gasteiger partial charge in [0, 0.05) is 5.56 Å². The fraction of sp³-hybridized carbons (Fsp3) is 0.231. The molecule has 0 saturated carbocycles. The normalized spacial score (nSPS) is 17.2. The molecule has 11 heteroatoms. The maximum absolute atomic E-state index is 14.4. The molecule has 1 aliphatic rings. The molecule has 0 aliphatic carbocycles. The van der Waals surface area contributed by atoms with Gasteiger partial charge in [-0.05, 0) is 67.4 Å². The van der Waals surface area contributed by atoms with Gasteiger partial charge in [-0.15, -0.1) is 0 Å². The van der Waals surface area contributed by atoms with Gasteiger partial charge in [0.2, 0.25) is 0 Å². The Balaban J connectivity index is 1.82. The number of fused-ring (bicyclic) bond motifs is 1. The number of aliphatic hydroxyl groups is 1. The number of ether oxygens (including phenoxy) is 1. The Labute approximate surface area is 216 Å². The van der Waals surface area contributed by atoms with E-state index in [1.54, 1.807) is 19.1 Å². The summed E-state index contributed by atoms with van der Waals surface area (Å²) in [5, 5.41) is 10.3. The molecule has 1 heterocycles. The maximum Gasteiger partial charge on any atom is 0.416 e. The Morgan fingerprint density at radius 3 is 2.51 bits per heavy atom. The summed E-state index contributed by atoms with van der Waals surface area (Å²) in [7, 11) is -4.50. The van der Waals surface area contributed by atoms with Crippen LogP contribution in [0.3, 0.4) is 0 Å². The van der Waals surface area contributed by atoms with E-state index in [9.17, 15) is 31.1 Å². The fourth-order valence-corrected chi connectivity index (χ4v) is 5.85. The van der Waals surface area contributed by atoms with E-state index in [-0.39, 0.29) is 28.6 Å². The molecule has 0 fully saturated rings. The van der Waals surface area contributed by atoms with Crippen molar-refractivity contribution in [3.63, 3.8) is 0 Å². The minimum absolute atomic E-state index is 0.0653. The molecule has 1 aliphatic heterocycles. The highest BCUT2D eigenvalue weighted by Crippen LogP contribution is 2.40. The van der Waals surface area contributed by atoms with Crippen LogP contribution >= 0.6 is 11.6 Å². The molecule has 2 atom stereocenters. The van der Waals surface area contributed by atoms with Crippen LogP contribution in [0.5, 0.6) is 5.75 Å². The molecule has 1 N–H and O–H groups in total. The smallest absolute Gasteiger partial charge is 0.416 e. The van der Waals surface area contributed by atoms with E-state index in [1.807, 2.05) is 0 Å². The maximum atomic E-state index is 14.4. The predicted octanol–water partition coefficient (Wildman–Crippen LogP) is 6.40. The summed E-state index contributed by atoms with van der Waals surface area (Å²) < 4.78 is 88.1. The average Bonchev–Trinajstić information content (AvgIpc) is 2.82. The second kappa shape index (κ2) is 10.00. The van der Waals surface area contributed by atoms with Crippen LogP contribution < -0.4 is 9.04 Å². The van der Waals surface area contributed by atoms with Crippen molar-refractivity contribution in [2.24, 2.45) is 0 Å². The van der Waals surface area contributed by atoms with E-state index in [0.29, 0.717) is 17.2 Å². The van der Waals surface area contributed by atoms with E-state index < -0.39 is 44.7 Å². The monoisotopic (exact) mass is 555 g/mol. The molecule has 0 unspecified atom stereocenters. The summed E-state index contributed by atoms with van der Waals surface area (Å²) in [5.74, 6) is -0.414. The molecule has 0 bridgehead atoms. The third-order valence-electron chi connectivity index (χ3n) is 5.90. The standard InChI is InChI=1S/C26H22ClF4NO4S/c1-15(25-20(27)7-4-8-21(25)28)11-17-9-10-23-22(12-17)32(14-24(36-23)16(2)33)37(34,35)19-6-3-5-18(13-19)26(29,30)31/h3-13,16,24,33H,14H2,1-2H3/b15-11+/t16-,24-/m1/s1. The first-order valence-electron chi connectivity index (χ1n) is 11.1. The molecular formula is C26H22ClF4NO4S. The molecule has 0 radical (unpaired) electrons. The van der Waals surface area contributed by atoms with Gasteiger partial charge in [-0.3, -0.25) is 4.31 Å². The van der Waals surface area contributed by atoms with Crippen LogP contribution in [0.15, 0.2) is 65.6 Å². The minimum atomic E-state index is -4.74. The van der Waals surface area contributed by atoms with Crippen LogP contribution in [0, 0.1) is 5.82 Å². The number of nitrogens with zero attached hydrogens (tertiary/aromatic N) is 1. The summed E-state index contributed by atoms with van der Waals surface area (Å²) in [5.41, 5.74) is 0.0762. The van der Waals surface area contributed by atoms with E-state index in [2.05, 4.69) is 0 Å². The van der Waals surface area contributed by atoms with Crippen LogP contribution in [0.25, 0.3) is 11.6 Å². The first-order valence-corrected chi connectivity index (χ1v) is 12.9. The van der Waals surface area contributed by atoms with E-state index in [4.69, 9.17) is 16.3 Å². The molecule has 3 aromatic carbocycles. The Morgan fingerprint density at radius 1 is 1.16 bits per heavy atom. The highest BCUT2D eigenvalue weighted by Gasteiger charge is 2.38. The summed E-state index contributed by atoms with van der Waals surface area (Å²) in [6.07, 6.45) is -5.17. The Morgan fingerprint density at radius 2 is 1.86 bits per heavy atom. The zero-order valence-electron chi connectivity index (χ0n) is 19.6. The summed E-state index contributed by atoms with van der Waals surface area (Å²) >= 11 is 6.16. The van der Waals surface area contributed by atoms with E-state index >= 15 is 0 Å². The number of hydrogen-bond acceptors (Lipinski definition) is 4. The quantitative estimate of drug-likeness (QED) is 0.292. The van der Waals surface area contributed by atoms with Gasteiger partial charge in [0.25, 0.3) is 10.0 Å². The number of benzene rings is 3. The summed E-state index contributed by atoms with van der Waals surface area (Å²) in [4.78, 5) is -0.560.